The van der Waals surface area contributed by atoms with Crippen LogP contribution in [-0.4, -0.2) is 41.5 Å². The van der Waals surface area contributed by atoms with E-state index in [1.165, 1.54) is 33.3 Å². The average molecular weight is 477 g/mol. The molecular weight excluding hydrogens is 454 g/mol. The predicted molar refractivity (Wildman–Crippen MR) is 116 cm³/mol. The van der Waals surface area contributed by atoms with Gasteiger partial charge in [0.1, 0.15) is 5.82 Å². The van der Waals surface area contributed by atoms with Crippen molar-refractivity contribution in [2.75, 3.05) is 18.4 Å². The molecule has 1 aliphatic heterocycles. The Balaban J connectivity index is 1.63. The summed E-state index contributed by atoms with van der Waals surface area (Å²) in [4.78, 5) is 13.1. The number of carbonyl (C=O) groups excluding carboxylic acids is 1. The van der Waals surface area contributed by atoms with E-state index in [-0.39, 0.29) is 22.0 Å². The second kappa shape index (κ2) is 9.28. The molecule has 2 aromatic carbocycles. The average Bonchev–Trinajstić information content (AvgIpc) is 3.46. The highest BCUT2D eigenvalue weighted by Gasteiger charge is 2.29. The minimum atomic E-state index is -3.64. The van der Waals surface area contributed by atoms with Gasteiger partial charge in [-0.05, 0) is 37.1 Å². The highest BCUT2D eigenvalue weighted by molar-refractivity contribution is 7.89. The smallest absolute Gasteiger partial charge is 0.271 e. The molecule has 4 rings (SSSR count). The van der Waals surface area contributed by atoms with Crippen molar-refractivity contribution in [3.05, 3.63) is 71.9 Å². The molecular formula is C22H22F2N4O4S. The Morgan fingerprint density at radius 1 is 1.09 bits per heavy atom. The predicted octanol–water partition coefficient (Wildman–Crippen LogP) is 3.24. The first-order valence-electron chi connectivity index (χ1n) is 10.3. The van der Waals surface area contributed by atoms with E-state index in [0.717, 1.165) is 25.0 Å². The Kier molecular flexibility index (Phi) is 6.43. The number of sulfonamides is 1. The molecule has 3 aromatic rings. The summed E-state index contributed by atoms with van der Waals surface area (Å²) in [7, 11) is -1.96. The van der Waals surface area contributed by atoms with Crippen LogP contribution >= 0.6 is 0 Å². The number of nitrogens with one attached hydrogen (secondary N) is 1. The fourth-order valence-electron chi connectivity index (χ4n) is 3.54. The van der Waals surface area contributed by atoms with Crippen molar-refractivity contribution >= 4 is 21.7 Å². The Labute approximate surface area is 189 Å². The van der Waals surface area contributed by atoms with Gasteiger partial charge in [0.05, 0.1) is 4.90 Å². The van der Waals surface area contributed by atoms with Gasteiger partial charge in [0, 0.05) is 44.0 Å². The molecule has 1 saturated heterocycles. The summed E-state index contributed by atoms with van der Waals surface area (Å²) in [6.07, 6.45) is 1.90. The molecule has 1 amide bonds. The Bertz CT molecular complexity index is 1260. The quantitative estimate of drug-likeness (QED) is 0.565. The fourth-order valence-corrected chi connectivity index (χ4v) is 5.05. The molecule has 2 heterocycles. The third-order valence-corrected chi connectivity index (χ3v) is 7.14. The summed E-state index contributed by atoms with van der Waals surface area (Å²) in [5.74, 6) is -2.49. The number of aryl methyl sites for hydroxylation is 1. The van der Waals surface area contributed by atoms with E-state index in [1.807, 2.05) is 0 Å². The van der Waals surface area contributed by atoms with Gasteiger partial charge in [0.15, 0.2) is 17.4 Å². The summed E-state index contributed by atoms with van der Waals surface area (Å²) in [6.45, 7) is 0.929. The number of anilines is 1. The second-order valence-corrected chi connectivity index (χ2v) is 9.55. The number of amides is 1. The normalized spacial score (nSPS) is 15.4. The summed E-state index contributed by atoms with van der Waals surface area (Å²) in [5, 5.41) is 6.66. The lowest BCUT2D eigenvalue weighted by Crippen LogP contribution is -2.28. The van der Waals surface area contributed by atoms with Crippen molar-refractivity contribution < 1.29 is 26.7 Å². The van der Waals surface area contributed by atoms with Crippen LogP contribution in [0.5, 0.6) is 5.75 Å². The summed E-state index contributed by atoms with van der Waals surface area (Å²) in [6, 6.07) is 9.95. The minimum absolute atomic E-state index is 0.0880. The summed E-state index contributed by atoms with van der Waals surface area (Å²) < 4.78 is 61.6. The zero-order valence-corrected chi connectivity index (χ0v) is 18.6. The molecule has 0 radical (unpaired) electrons. The van der Waals surface area contributed by atoms with Crippen LogP contribution in [0.25, 0.3) is 0 Å². The van der Waals surface area contributed by atoms with Crippen LogP contribution in [0.3, 0.4) is 0 Å². The molecule has 1 aliphatic rings. The number of halogens is 2. The zero-order valence-electron chi connectivity index (χ0n) is 17.7. The largest absolute Gasteiger partial charge is 0.473 e. The number of ether oxygens (including phenoxy) is 1. The molecule has 0 saturated carbocycles. The van der Waals surface area contributed by atoms with Crippen LogP contribution in [0.15, 0.2) is 59.6 Å². The first kappa shape index (κ1) is 22.9. The van der Waals surface area contributed by atoms with Crippen molar-refractivity contribution in [1.29, 1.82) is 0 Å². The zero-order chi connectivity index (χ0) is 23.6. The molecule has 1 fully saturated rings. The highest BCUT2D eigenvalue weighted by Crippen LogP contribution is 2.28. The van der Waals surface area contributed by atoms with Crippen LogP contribution in [0.1, 0.15) is 24.5 Å². The van der Waals surface area contributed by atoms with Crippen molar-refractivity contribution in [3.63, 3.8) is 0 Å². The van der Waals surface area contributed by atoms with Crippen LogP contribution in [0.4, 0.5) is 14.6 Å². The van der Waals surface area contributed by atoms with E-state index in [4.69, 9.17) is 4.74 Å². The van der Waals surface area contributed by atoms with E-state index in [2.05, 4.69) is 10.4 Å². The lowest BCUT2D eigenvalue weighted by molar-refractivity contribution is -0.123. The van der Waals surface area contributed by atoms with Gasteiger partial charge in [0.2, 0.25) is 16.1 Å². The van der Waals surface area contributed by atoms with Gasteiger partial charge in [-0.2, -0.15) is 9.40 Å². The van der Waals surface area contributed by atoms with Crippen molar-refractivity contribution in [1.82, 2.24) is 14.1 Å². The van der Waals surface area contributed by atoms with Crippen molar-refractivity contribution in [2.45, 2.75) is 23.8 Å². The van der Waals surface area contributed by atoms with Gasteiger partial charge in [-0.1, -0.05) is 12.1 Å². The monoisotopic (exact) mass is 476 g/mol. The summed E-state index contributed by atoms with van der Waals surface area (Å²) in [5.41, 5.74) is 0.285. The van der Waals surface area contributed by atoms with Crippen LogP contribution in [-0.2, 0) is 21.9 Å². The number of hydrogen-bond acceptors (Lipinski definition) is 5. The van der Waals surface area contributed by atoms with E-state index in [0.29, 0.717) is 19.2 Å². The molecule has 11 heteroatoms. The van der Waals surface area contributed by atoms with Crippen molar-refractivity contribution in [3.8, 4) is 5.75 Å². The maximum atomic E-state index is 14.2. The van der Waals surface area contributed by atoms with E-state index < -0.39 is 33.7 Å². The van der Waals surface area contributed by atoms with Crippen LogP contribution in [0.2, 0.25) is 0 Å². The highest BCUT2D eigenvalue weighted by atomic mass is 32.2. The molecule has 0 spiro atoms. The standard InChI is InChI=1S/C22H22F2N4O4S/c1-27-13-10-20(26-27)25-22(29)21(32-19-9-6-16(23)14-18(19)24)15-4-7-17(8-5-15)33(30,31)28-11-2-3-12-28/h4-10,13-14,21H,2-3,11-12H2,1H3,(H,25,26,29). The summed E-state index contributed by atoms with van der Waals surface area (Å²) >= 11 is 0. The molecule has 0 bridgehead atoms. The lowest BCUT2D eigenvalue weighted by Gasteiger charge is -2.20. The number of carbonyl (C=O) groups is 1. The van der Waals surface area contributed by atoms with Gasteiger partial charge in [-0.3, -0.25) is 9.48 Å². The van der Waals surface area contributed by atoms with Gasteiger partial charge in [-0.25, -0.2) is 17.2 Å². The van der Waals surface area contributed by atoms with E-state index >= 15 is 0 Å². The third kappa shape index (κ3) is 5.04. The molecule has 1 atom stereocenters. The van der Waals surface area contributed by atoms with Gasteiger partial charge < -0.3 is 10.1 Å². The number of benzene rings is 2. The number of rotatable bonds is 7. The Morgan fingerprint density at radius 2 is 1.79 bits per heavy atom. The Morgan fingerprint density at radius 3 is 2.39 bits per heavy atom. The van der Waals surface area contributed by atoms with Gasteiger partial charge in [-0.15, -0.1) is 0 Å². The van der Waals surface area contributed by atoms with E-state index in [9.17, 15) is 22.0 Å². The molecule has 33 heavy (non-hydrogen) atoms. The molecule has 1 N–H and O–H groups in total. The number of nitrogens with zero attached hydrogens (tertiary/aromatic N) is 3. The first-order valence-corrected chi connectivity index (χ1v) is 11.7. The lowest BCUT2D eigenvalue weighted by atomic mass is 10.1. The second-order valence-electron chi connectivity index (χ2n) is 7.62. The maximum absolute atomic E-state index is 14.2. The SMILES string of the molecule is Cn1ccc(NC(=O)C(Oc2ccc(F)cc2F)c2ccc(S(=O)(=O)N3CCCC3)cc2)n1. The molecule has 1 unspecified atom stereocenters. The van der Waals surface area contributed by atoms with Gasteiger partial charge >= 0.3 is 0 Å². The van der Waals surface area contributed by atoms with Gasteiger partial charge in [0.25, 0.3) is 5.91 Å². The molecule has 0 aliphatic carbocycles. The number of hydrogen-bond donors (Lipinski definition) is 1. The Hall–Kier alpha value is -3.31. The molecule has 8 nitrogen and oxygen atoms in total. The minimum Gasteiger partial charge on any atom is -0.473 e. The van der Waals surface area contributed by atoms with E-state index in [1.54, 1.807) is 19.3 Å². The topological polar surface area (TPSA) is 93.5 Å². The number of aromatic nitrogens is 2. The maximum Gasteiger partial charge on any atom is 0.271 e. The third-order valence-electron chi connectivity index (χ3n) is 5.23. The van der Waals surface area contributed by atoms with Crippen molar-refractivity contribution in [2.24, 2.45) is 7.05 Å². The van der Waals surface area contributed by atoms with Crippen LogP contribution in [0, 0.1) is 11.6 Å². The first-order chi connectivity index (χ1) is 15.7. The van der Waals surface area contributed by atoms with Crippen LogP contribution < -0.4 is 10.1 Å². The molecule has 1 aromatic heterocycles. The fraction of sp³-hybridized carbons (Fsp3) is 0.273. The molecule has 174 valence electrons.